The highest BCUT2D eigenvalue weighted by Gasteiger charge is 2.24. The highest BCUT2D eigenvalue weighted by molar-refractivity contribution is 5.83. The summed E-state index contributed by atoms with van der Waals surface area (Å²) in [4.78, 5) is 22.0. The maximum atomic E-state index is 14.9. The van der Waals surface area contributed by atoms with Crippen molar-refractivity contribution in [2.75, 3.05) is 32.5 Å². The van der Waals surface area contributed by atoms with Gasteiger partial charge in [0.2, 0.25) is 5.95 Å². The summed E-state index contributed by atoms with van der Waals surface area (Å²) in [6.07, 6.45) is 4.08. The van der Waals surface area contributed by atoms with Crippen molar-refractivity contribution in [3.05, 3.63) is 59.7 Å². The van der Waals surface area contributed by atoms with Crippen molar-refractivity contribution in [3.8, 4) is 11.3 Å². The molecule has 1 aliphatic rings. The molecule has 0 unspecified atom stereocenters. The average Bonchev–Trinajstić information content (AvgIpc) is 3.46. The molecule has 1 fully saturated rings. The van der Waals surface area contributed by atoms with Crippen LogP contribution in [-0.2, 0) is 6.54 Å². The fourth-order valence-electron chi connectivity index (χ4n) is 5.03. The van der Waals surface area contributed by atoms with Gasteiger partial charge in [0.25, 0.3) is 0 Å². The lowest BCUT2D eigenvalue weighted by Gasteiger charge is -2.20. The Labute approximate surface area is 215 Å². The summed E-state index contributed by atoms with van der Waals surface area (Å²) in [6, 6.07) is 7.52. The molecule has 194 valence electrons. The maximum absolute atomic E-state index is 14.9. The molecule has 1 atom stereocenters. The topological polar surface area (TPSA) is 75.0 Å². The number of nitrogens with one attached hydrogen (secondary N) is 1. The minimum atomic E-state index is -0.637. The molecule has 0 amide bonds. The number of aromatic nitrogens is 5. The first-order valence-electron chi connectivity index (χ1n) is 12.5. The summed E-state index contributed by atoms with van der Waals surface area (Å²) in [5.74, 6) is 0.266. The molecule has 0 radical (unpaired) electrons. The van der Waals surface area contributed by atoms with Crippen LogP contribution in [0.15, 0.2) is 36.7 Å². The van der Waals surface area contributed by atoms with Gasteiger partial charge < -0.3 is 14.8 Å². The standard InChI is InChI=1S/C27H32F2N8/c1-16(2)37-17(3)32-26-21(28)10-19(11-23(26)37)25-22(29)13-31-27(34-25)33-24-7-6-18(12-30-24)14-36-9-8-20(15-36)35(4)5/h6-7,10-13,16,20H,8-9,14-15H2,1-5H3,(H,30,31,33,34)/t20-/m1/s1. The van der Waals surface area contributed by atoms with Crippen LogP contribution in [0.3, 0.4) is 0 Å². The second kappa shape index (κ2) is 10.1. The molecule has 1 aromatic carbocycles. The van der Waals surface area contributed by atoms with Crippen molar-refractivity contribution in [2.24, 2.45) is 0 Å². The van der Waals surface area contributed by atoms with E-state index >= 15 is 0 Å². The third-order valence-electron chi connectivity index (χ3n) is 6.91. The predicted octanol–water partition coefficient (Wildman–Crippen LogP) is 4.94. The van der Waals surface area contributed by atoms with Gasteiger partial charge >= 0.3 is 0 Å². The first kappa shape index (κ1) is 25.2. The van der Waals surface area contributed by atoms with E-state index in [0.717, 1.165) is 31.4 Å². The van der Waals surface area contributed by atoms with Crippen LogP contribution in [0.2, 0.25) is 0 Å². The zero-order chi connectivity index (χ0) is 26.3. The van der Waals surface area contributed by atoms with E-state index in [1.54, 1.807) is 6.07 Å². The normalized spacial score (nSPS) is 16.4. The summed E-state index contributed by atoms with van der Waals surface area (Å²) in [7, 11) is 4.24. The van der Waals surface area contributed by atoms with Crippen LogP contribution in [0.1, 0.15) is 37.7 Å². The van der Waals surface area contributed by atoms with Gasteiger partial charge in [0, 0.05) is 43.5 Å². The van der Waals surface area contributed by atoms with Gasteiger partial charge in [-0.2, -0.15) is 0 Å². The molecule has 0 spiro atoms. The number of likely N-dealkylation sites (tertiary alicyclic amines) is 1. The van der Waals surface area contributed by atoms with Gasteiger partial charge in [-0.3, -0.25) is 4.90 Å². The van der Waals surface area contributed by atoms with Crippen LogP contribution in [0.4, 0.5) is 20.5 Å². The maximum Gasteiger partial charge on any atom is 0.229 e. The Morgan fingerprint density at radius 1 is 1.08 bits per heavy atom. The van der Waals surface area contributed by atoms with E-state index in [2.05, 4.69) is 49.1 Å². The Hall–Kier alpha value is -3.50. The smallest absolute Gasteiger partial charge is 0.229 e. The second-order valence-corrected chi connectivity index (χ2v) is 10.2. The van der Waals surface area contributed by atoms with Crippen LogP contribution >= 0.6 is 0 Å². The van der Waals surface area contributed by atoms with Crippen molar-refractivity contribution >= 4 is 22.8 Å². The molecule has 4 aromatic rings. The third-order valence-corrected chi connectivity index (χ3v) is 6.91. The first-order chi connectivity index (χ1) is 17.7. The molecule has 37 heavy (non-hydrogen) atoms. The minimum absolute atomic E-state index is 0.00793. The largest absolute Gasteiger partial charge is 0.326 e. The number of hydrogen-bond acceptors (Lipinski definition) is 7. The molecule has 4 heterocycles. The number of benzene rings is 1. The Bertz CT molecular complexity index is 1410. The SMILES string of the molecule is Cc1nc2c(F)cc(-c3nc(Nc4ccc(CN5CC[C@@H](N(C)C)C5)cn4)ncc3F)cc2n1C(C)C. The Kier molecular flexibility index (Phi) is 6.87. The predicted molar refractivity (Wildman–Crippen MR) is 141 cm³/mol. The van der Waals surface area contributed by atoms with Crippen LogP contribution < -0.4 is 5.32 Å². The van der Waals surface area contributed by atoms with E-state index in [-0.39, 0.29) is 23.2 Å². The summed E-state index contributed by atoms with van der Waals surface area (Å²) >= 11 is 0. The molecule has 8 nitrogen and oxygen atoms in total. The average molecular weight is 507 g/mol. The van der Waals surface area contributed by atoms with E-state index in [9.17, 15) is 8.78 Å². The molecular formula is C27H32F2N8. The van der Waals surface area contributed by atoms with Crippen molar-refractivity contribution < 1.29 is 8.78 Å². The molecule has 1 N–H and O–H groups in total. The number of imidazole rings is 1. The highest BCUT2D eigenvalue weighted by Crippen LogP contribution is 2.30. The van der Waals surface area contributed by atoms with Gasteiger partial charge in [-0.1, -0.05) is 6.07 Å². The van der Waals surface area contributed by atoms with Crippen molar-refractivity contribution in [1.29, 1.82) is 0 Å². The number of rotatable bonds is 7. The zero-order valence-electron chi connectivity index (χ0n) is 21.8. The van der Waals surface area contributed by atoms with Crippen LogP contribution in [-0.4, -0.2) is 67.5 Å². The number of hydrogen-bond donors (Lipinski definition) is 1. The van der Waals surface area contributed by atoms with Gasteiger partial charge in [-0.05, 0) is 65.0 Å². The summed E-state index contributed by atoms with van der Waals surface area (Å²) in [6.45, 7) is 8.78. The fraction of sp³-hybridized carbons (Fsp3) is 0.407. The number of fused-ring (bicyclic) bond motifs is 1. The van der Waals surface area contributed by atoms with E-state index < -0.39 is 11.6 Å². The molecule has 0 aliphatic carbocycles. The minimum Gasteiger partial charge on any atom is -0.326 e. The number of halogens is 2. The van der Waals surface area contributed by atoms with Gasteiger partial charge in [0.1, 0.15) is 22.9 Å². The Morgan fingerprint density at radius 3 is 2.57 bits per heavy atom. The molecule has 0 bridgehead atoms. The molecular weight excluding hydrogens is 474 g/mol. The van der Waals surface area contributed by atoms with E-state index in [4.69, 9.17) is 0 Å². The second-order valence-electron chi connectivity index (χ2n) is 10.2. The van der Waals surface area contributed by atoms with E-state index in [1.807, 2.05) is 43.7 Å². The number of likely N-dealkylation sites (N-methyl/N-ethyl adjacent to an activating group) is 1. The van der Waals surface area contributed by atoms with E-state index in [0.29, 0.717) is 28.8 Å². The van der Waals surface area contributed by atoms with Gasteiger partial charge in [0.05, 0.1) is 11.7 Å². The van der Waals surface area contributed by atoms with Gasteiger partial charge in [-0.15, -0.1) is 0 Å². The highest BCUT2D eigenvalue weighted by atomic mass is 19.1. The number of anilines is 2. The third kappa shape index (κ3) is 5.17. The van der Waals surface area contributed by atoms with Gasteiger partial charge in [-0.25, -0.2) is 28.7 Å². The fourth-order valence-corrected chi connectivity index (χ4v) is 5.03. The first-order valence-corrected chi connectivity index (χ1v) is 12.5. The van der Waals surface area contributed by atoms with Crippen molar-refractivity contribution in [2.45, 2.75) is 45.8 Å². The molecule has 5 rings (SSSR count). The van der Waals surface area contributed by atoms with Crippen LogP contribution in [0.5, 0.6) is 0 Å². The lowest BCUT2D eigenvalue weighted by Crippen LogP contribution is -2.31. The molecule has 0 saturated carbocycles. The summed E-state index contributed by atoms with van der Waals surface area (Å²) in [5, 5.41) is 3.04. The lowest BCUT2D eigenvalue weighted by atomic mass is 10.1. The van der Waals surface area contributed by atoms with Gasteiger partial charge in [0.15, 0.2) is 11.6 Å². The number of pyridine rings is 1. The van der Waals surface area contributed by atoms with E-state index in [1.165, 1.54) is 12.5 Å². The molecule has 10 heteroatoms. The Balaban J connectivity index is 1.36. The monoisotopic (exact) mass is 506 g/mol. The van der Waals surface area contributed by atoms with Crippen LogP contribution in [0.25, 0.3) is 22.3 Å². The van der Waals surface area contributed by atoms with Crippen LogP contribution in [0, 0.1) is 18.6 Å². The lowest BCUT2D eigenvalue weighted by molar-refractivity contribution is 0.264. The number of aryl methyl sites for hydroxylation is 1. The quantitative estimate of drug-likeness (QED) is 0.381. The summed E-state index contributed by atoms with van der Waals surface area (Å²) in [5.41, 5.74) is 2.31. The van der Waals surface area contributed by atoms with Crippen molar-refractivity contribution in [1.82, 2.24) is 34.3 Å². The molecule has 1 aliphatic heterocycles. The zero-order valence-corrected chi connectivity index (χ0v) is 21.8. The summed E-state index contributed by atoms with van der Waals surface area (Å²) < 4.78 is 31.7. The molecule has 3 aromatic heterocycles. The number of nitrogens with zero attached hydrogens (tertiary/aromatic N) is 7. The Morgan fingerprint density at radius 2 is 1.89 bits per heavy atom. The molecule has 1 saturated heterocycles. The van der Waals surface area contributed by atoms with Crippen molar-refractivity contribution in [3.63, 3.8) is 0 Å².